The Morgan fingerprint density at radius 2 is 2.20 bits per heavy atom. The largest absolute Gasteiger partial charge is 0.288 e. The summed E-state index contributed by atoms with van der Waals surface area (Å²) in [5, 5.41) is 1.01. The van der Waals surface area contributed by atoms with Gasteiger partial charge in [-0.3, -0.25) is 4.79 Å². The molecule has 0 radical (unpaired) electrons. The zero-order valence-corrected chi connectivity index (χ0v) is 8.42. The molecule has 0 aliphatic rings. The molecule has 0 rings (SSSR count). The van der Waals surface area contributed by atoms with Crippen LogP contribution < -0.4 is 0 Å². The summed E-state index contributed by atoms with van der Waals surface area (Å²) in [7, 11) is -1.47. The maximum absolute atomic E-state index is 10.5. The molecule has 0 aliphatic heterocycles. The van der Waals surface area contributed by atoms with Crippen molar-refractivity contribution in [2.24, 2.45) is 0 Å². The van der Waals surface area contributed by atoms with Crippen LogP contribution in [0.4, 0.5) is 0 Å². The minimum absolute atomic E-state index is 0.163. The van der Waals surface area contributed by atoms with Gasteiger partial charge in [0.2, 0.25) is 0 Å². The third-order valence-electron chi connectivity index (χ3n) is 1.03. The number of carbonyl (C=O) groups excluding carboxylic acids is 1. The van der Waals surface area contributed by atoms with Crippen LogP contribution in [0.1, 0.15) is 6.92 Å². The van der Waals surface area contributed by atoms with Gasteiger partial charge in [-0.25, -0.2) is 0 Å². The van der Waals surface area contributed by atoms with E-state index in [1.165, 1.54) is 11.8 Å². The SMILES string of the molecule is C#C[Si](C)(C)CSC(C)=O. The van der Waals surface area contributed by atoms with Crippen LogP contribution in [0.15, 0.2) is 0 Å². The molecule has 0 fully saturated rings. The van der Waals surface area contributed by atoms with Gasteiger partial charge in [-0.2, -0.15) is 0 Å². The molecule has 0 N–H and O–H groups in total. The Kier molecular flexibility index (Phi) is 3.76. The molecule has 1 nitrogen and oxygen atoms in total. The lowest BCUT2D eigenvalue weighted by Gasteiger charge is -2.11. The van der Waals surface area contributed by atoms with Gasteiger partial charge >= 0.3 is 0 Å². The van der Waals surface area contributed by atoms with Gasteiger partial charge in [-0.05, 0) is 0 Å². The van der Waals surface area contributed by atoms with Gasteiger partial charge in [0.25, 0.3) is 0 Å². The van der Waals surface area contributed by atoms with Crippen molar-refractivity contribution in [1.82, 2.24) is 0 Å². The number of terminal acetylenes is 1. The van der Waals surface area contributed by atoms with E-state index in [0.29, 0.717) is 0 Å². The summed E-state index contributed by atoms with van der Waals surface area (Å²) in [6.45, 7) is 5.75. The first-order chi connectivity index (χ1) is 4.48. The van der Waals surface area contributed by atoms with Crippen molar-refractivity contribution in [3.63, 3.8) is 0 Å². The maximum Gasteiger partial charge on any atom is 0.185 e. The first kappa shape index (κ1) is 9.80. The maximum atomic E-state index is 10.5. The predicted octanol–water partition coefficient (Wildman–Crippen LogP) is 1.69. The lowest BCUT2D eigenvalue weighted by Crippen LogP contribution is -2.27. The molecular weight excluding hydrogens is 160 g/mol. The first-order valence-corrected chi connectivity index (χ1v) is 7.28. The van der Waals surface area contributed by atoms with E-state index in [9.17, 15) is 4.79 Å². The molecule has 0 saturated carbocycles. The van der Waals surface area contributed by atoms with Crippen molar-refractivity contribution in [3.05, 3.63) is 0 Å². The highest BCUT2D eigenvalue weighted by Gasteiger charge is 2.17. The average Bonchev–Trinajstić information content (AvgIpc) is 1.85. The van der Waals surface area contributed by atoms with E-state index >= 15 is 0 Å². The third-order valence-corrected chi connectivity index (χ3v) is 5.68. The summed E-state index contributed by atoms with van der Waals surface area (Å²) >= 11 is 1.34. The minimum atomic E-state index is -1.47. The first-order valence-electron chi connectivity index (χ1n) is 3.09. The summed E-state index contributed by atoms with van der Waals surface area (Å²) in [4.78, 5) is 10.5. The molecular formula is C7H12OSSi. The van der Waals surface area contributed by atoms with Crippen molar-refractivity contribution in [3.8, 4) is 12.0 Å². The summed E-state index contributed by atoms with van der Waals surface area (Å²) < 4.78 is 0. The number of carbonyl (C=O) groups is 1. The van der Waals surface area contributed by atoms with Crippen LogP contribution in [0.3, 0.4) is 0 Å². The second kappa shape index (κ2) is 3.84. The molecule has 0 amide bonds. The Morgan fingerprint density at radius 3 is 2.50 bits per heavy atom. The summed E-state index contributed by atoms with van der Waals surface area (Å²) in [6.07, 6.45) is 5.28. The summed E-state index contributed by atoms with van der Waals surface area (Å²) in [6, 6.07) is 0. The van der Waals surface area contributed by atoms with Gasteiger partial charge in [-0.15, -0.1) is 12.0 Å². The lowest BCUT2D eigenvalue weighted by atomic mass is 10.9. The Labute approximate surface area is 67.6 Å². The van der Waals surface area contributed by atoms with Crippen molar-refractivity contribution in [2.45, 2.75) is 20.0 Å². The molecule has 0 saturated heterocycles. The number of hydrogen-bond donors (Lipinski definition) is 0. The molecule has 0 heterocycles. The smallest absolute Gasteiger partial charge is 0.185 e. The van der Waals surface area contributed by atoms with Gasteiger partial charge < -0.3 is 0 Å². The Balaban J connectivity index is 3.71. The van der Waals surface area contributed by atoms with Gasteiger partial charge in [0, 0.05) is 12.3 Å². The highest BCUT2D eigenvalue weighted by molar-refractivity contribution is 8.14. The van der Waals surface area contributed by atoms with Crippen LogP contribution in [-0.4, -0.2) is 18.6 Å². The van der Waals surface area contributed by atoms with Crippen molar-refractivity contribution < 1.29 is 4.79 Å². The molecule has 0 bridgehead atoms. The van der Waals surface area contributed by atoms with E-state index in [4.69, 9.17) is 6.42 Å². The van der Waals surface area contributed by atoms with E-state index in [1.807, 2.05) is 0 Å². The topological polar surface area (TPSA) is 17.1 Å². The number of thioether (sulfide) groups is 1. The highest BCUT2D eigenvalue weighted by Crippen LogP contribution is 2.10. The molecule has 0 aromatic carbocycles. The van der Waals surface area contributed by atoms with Crippen molar-refractivity contribution >= 4 is 25.0 Å². The zero-order chi connectivity index (χ0) is 8.20. The van der Waals surface area contributed by atoms with Crippen LogP contribution in [0, 0.1) is 12.0 Å². The third kappa shape index (κ3) is 4.65. The highest BCUT2D eigenvalue weighted by atomic mass is 32.2. The van der Waals surface area contributed by atoms with E-state index in [1.54, 1.807) is 6.92 Å². The van der Waals surface area contributed by atoms with E-state index < -0.39 is 8.07 Å². The number of hydrogen-bond acceptors (Lipinski definition) is 2. The van der Waals surface area contributed by atoms with Crippen molar-refractivity contribution in [1.29, 1.82) is 0 Å². The Hall–Kier alpha value is -0.203. The molecule has 0 aromatic heterocycles. The van der Waals surface area contributed by atoms with E-state index in [-0.39, 0.29) is 5.12 Å². The monoisotopic (exact) mass is 172 g/mol. The van der Waals surface area contributed by atoms with Crippen molar-refractivity contribution in [2.75, 3.05) is 5.38 Å². The van der Waals surface area contributed by atoms with Crippen LogP contribution in [0.25, 0.3) is 0 Å². The van der Waals surface area contributed by atoms with Gasteiger partial charge in [0.1, 0.15) is 8.07 Å². The molecule has 0 aliphatic carbocycles. The normalized spacial score (nSPS) is 10.6. The minimum Gasteiger partial charge on any atom is -0.288 e. The molecule has 3 heteroatoms. The molecule has 0 atom stereocenters. The molecule has 56 valence electrons. The quantitative estimate of drug-likeness (QED) is 0.466. The van der Waals surface area contributed by atoms with Crippen LogP contribution in [-0.2, 0) is 4.79 Å². The van der Waals surface area contributed by atoms with Crippen LogP contribution in [0.5, 0.6) is 0 Å². The molecule has 0 unspecified atom stereocenters. The second-order valence-electron chi connectivity index (χ2n) is 2.81. The average molecular weight is 172 g/mol. The molecule has 0 spiro atoms. The fourth-order valence-electron chi connectivity index (χ4n) is 0.324. The lowest BCUT2D eigenvalue weighted by molar-refractivity contribution is -0.109. The standard InChI is InChI=1S/C7H12OSSi/c1-5-10(3,4)6-9-7(2)8/h1H,6H2,2-4H3. The van der Waals surface area contributed by atoms with Gasteiger partial charge in [-0.1, -0.05) is 24.9 Å². The fourth-order valence-corrected chi connectivity index (χ4v) is 2.91. The van der Waals surface area contributed by atoms with Crippen LogP contribution in [0.2, 0.25) is 13.1 Å². The van der Waals surface area contributed by atoms with Gasteiger partial charge in [0.05, 0.1) is 0 Å². The zero-order valence-electron chi connectivity index (χ0n) is 6.60. The van der Waals surface area contributed by atoms with E-state index in [2.05, 4.69) is 18.6 Å². The fraction of sp³-hybridized carbons (Fsp3) is 0.571. The van der Waals surface area contributed by atoms with Gasteiger partial charge in [0.15, 0.2) is 5.12 Å². The number of rotatable bonds is 2. The molecule has 0 aromatic rings. The Morgan fingerprint density at radius 1 is 1.70 bits per heavy atom. The Bertz CT molecular complexity index is 169. The van der Waals surface area contributed by atoms with Crippen LogP contribution >= 0.6 is 11.8 Å². The molecule has 10 heavy (non-hydrogen) atoms. The summed E-state index contributed by atoms with van der Waals surface area (Å²) in [5.74, 6) is 0. The summed E-state index contributed by atoms with van der Waals surface area (Å²) in [5.41, 5.74) is 2.76. The predicted molar refractivity (Wildman–Crippen MR) is 49.5 cm³/mol. The van der Waals surface area contributed by atoms with E-state index in [0.717, 1.165) is 5.38 Å². The second-order valence-corrected chi connectivity index (χ2v) is 8.88.